The second-order valence-electron chi connectivity index (χ2n) is 6.01. The average molecular weight is 358 g/mol. The molecule has 0 atom stereocenters. The first-order valence-electron chi connectivity index (χ1n) is 8.04. The quantitative estimate of drug-likeness (QED) is 0.892. The average Bonchev–Trinajstić information content (AvgIpc) is 3.01. The lowest BCUT2D eigenvalue weighted by molar-refractivity contribution is 0.0928. The van der Waals surface area contributed by atoms with E-state index in [0.717, 1.165) is 35.7 Å². The van der Waals surface area contributed by atoms with Gasteiger partial charge in [0.2, 0.25) is 0 Å². The standard InChI is InChI=1S/C18H19N3OS2/c1-12-11-23-18(20-12)24-16-7-5-15(6-8-16)21-17(22)14-4-2-3-13(9-14)10-19/h2-4,9,11,15-16H,5-8H2,1H3,(H,21,22). The van der Waals surface area contributed by atoms with Crippen molar-refractivity contribution in [2.75, 3.05) is 0 Å². The topological polar surface area (TPSA) is 65.8 Å². The van der Waals surface area contributed by atoms with E-state index in [-0.39, 0.29) is 11.9 Å². The van der Waals surface area contributed by atoms with Crippen molar-refractivity contribution >= 4 is 29.0 Å². The first-order valence-corrected chi connectivity index (χ1v) is 9.80. The minimum atomic E-state index is -0.0845. The zero-order chi connectivity index (χ0) is 16.9. The molecule has 1 aromatic heterocycles. The van der Waals surface area contributed by atoms with E-state index in [1.165, 1.54) is 0 Å². The molecular weight excluding hydrogens is 338 g/mol. The number of aryl methyl sites for hydroxylation is 1. The number of carbonyl (C=O) groups excluding carboxylic acids is 1. The van der Waals surface area contributed by atoms with Crippen molar-refractivity contribution in [1.29, 1.82) is 5.26 Å². The van der Waals surface area contributed by atoms with Gasteiger partial charge in [-0.2, -0.15) is 5.26 Å². The van der Waals surface area contributed by atoms with E-state index < -0.39 is 0 Å². The number of thiazole rings is 1. The SMILES string of the molecule is Cc1csc(SC2CCC(NC(=O)c3cccc(C#N)c3)CC2)n1. The maximum absolute atomic E-state index is 12.3. The summed E-state index contributed by atoms with van der Waals surface area (Å²) in [5.41, 5.74) is 2.16. The normalized spacial score (nSPS) is 20.3. The molecule has 1 N–H and O–H groups in total. The van der Waals surface area contributed by atoms with Gasteiger partial charge in [-0.15, -0.1) is 11.3 Å². The van der Waals surface area contributed by atoms with E-state index in [2.05, 4.69) is 21.8 Å². The Morgan fingerprint density at radius 3 is 2.83 bits per heavy atom. The number of rotatable bonds is 4. The smallest absolute Gasteiger partial charge is 0.251 e. The van der Waals surface area contributed by atoms with Crippen LogP contribution >= 0.6 is 23.1 Å². The van der Waals surface area contributed by atoms with Crippen LogP contribution in [-0.4, -0.2) is 22.2 Å². The van der Waals surface area contributed by atoms with Crippen LogP contribution in [0.5, 0.6) is 0 Å². The molecule has 24 heavy (non-hydrogen) atoms. The van der Waals surface area contributed by atoms with Crippen molar-refractivity contribution < 1.29 is 4.79 Å². The summed E-state index contributed by atoms with van der Waals surface area (Å²) >= 11 is 3.58. The highest BCUT2D eigenvalue weighted by Crippen LogP contribution is 2.35. The van der Waals surface area contributed by atoms with Crippen LogP contribution in [0.2, 0.25) is 0 Å². The van der Waals surface area contributed by atoms with Crippen LogP contribution in [0.4, 0.5) is 0 Å². The molecule has 1 amide bonds. The molecule has 1 heterocycles. The van der Waals surface area contributed by atoms with E-state index in [0.29, 0.717) is 16.4 Å². The molecule has 1 saturated carbocycles. The van der Waals surface area contributed by atoms with Gasteiger partial charge in [-0.3, -0.25) is 4.79 Å². The fourth-order valence-corrected chi connectivity index (χ4v) is 5.14. The van der Waals surface area contributed by atoms with Crippen LogP contribution in [-0.2, 0) is 0 Å². The van der Waals surface area contributed by atoms with Gasteiger partial charge < -0.3 is 5.32 Å². The molecule has 0 bridgehead atoms. The van der Waals surface area contributed by atoms with Crippen LogP contribution < -0.4 is 5.32 Å². The highest BCUT2D eigenvalue weighted by Gasteiger charge is 2.24. The summed E-state index contributed by atoms with van der Waals surface area (Å²) in [4.78, 5) is 16.8. The van der Waals surface area contributed by atoms with Gasteiger partial charge in [0.25, 0.3) is 5.91 Å². The lowest BCUT2D eigenvalue weighted by atomic mass is 9.94. The third kappa shape index (κ3) is 4.37. The first-order chi connectivity index (χ1) is 11.6. The van der Waals surface area contributed by atoms with E-state index in [1.54, 1.807) is 35.6 Å². The number of nitrogens with one attached hydrogen (secondary N) is 1. The molecular formula is C18H19N3OS2. The van der Waals surface area contributed by atoms with E-state index >= 15 is 0 Å². The second kappa shape index (κ2) is 7.82. The molecule has 1 fully saturated rings. The molecule has 3 rings (SSSR count). The Morgan fingerprint density at radius 2 is 2.17 bits per heavy atom. The van der Waals surface area contributed by atoms with Gasteiger partial charge in [-0.25, -0.2) is 4.98 Å². The molecule has 0 spiro atoms. The van der Waals surface area contributed by atoms with Crippen molar-refractivity contribution in [1.82, 2.24) is 10.3 Å². The van der Waals surface area contributed by atoms with Gasteiger partial charge in [0.15, 0.2) is 0 Å². The number of benzene rings is 1. The Bertz CT molecular complexity index is 758. The van der Waals surface area contributed by atoms with Gasteiger partial charge in [-0.05, 0) is 50.8 Å². The predicted molar refractivity (Wildman–Crippen MR) is 97.4 cm³/mol. The van der Waals surface area contributed by atoms with Crippen LogP contribution in [0.25, 0.3) is 0 Å². The van der Waals surface area contributed by atoms with Crippen LogP contribution in [0.15, 0.2) is 34.0 Å². The third-order valence-electron chi connectivity index (χ3n) is 4.13. The maximum Gasteiger partial charge on any atom is 0.251 e. The van der Waals surface area contributed by atoms with E-state index in [1.807, 2.05) is 18.7 Å². The molecule has 0 radical (unpaired) electrons. The van der Waals surface area contributed by atoms with Crippen LogP contribution in [0, 0.1) is 18.3 Å². The number of thioether (sulfide) groups is 1. The number of nitrogens with zero attached hydrogens (tertiary/aromatic N) is 2. The molecule has 1 aliphatic carbocycles. The predicted octanol–water partition coefficient (Wildman–Crippen LogP) is 4.16. The maximum atomic E-state index is 12.3. The number of hydrogen-bond acceptors (Lipinski definition) is 5. The van der Waals surface area contributed by atoms with Gasteiger partial charge >= 0.3 is 0 Å². The molecule has 1 aromatic carbocycles. The molecule has 0 saturated heterocycles. The minimum absolute atomic E-state index is 0.0845. The van der Waals surface area contributed by atoms with Crippen LogP contribution in [0.1, 0.15) is 47.3 Å². The molecule has 124 valence electrons. The molecule has 0 unspecified atom stereocenters. The summed E-state index contributed by atoms with van der Waals surface area (Å²) in [7, 11) is 0. The zero-order valence-corrected chi connectivity index (χ0v) is 15.1. The summed E-state index contributed by atoms with van der Waals surface area (Å²) in [6.07, 6.45) is 4.16. The van der Waals surface area contributed by atoms with E-state index in [9.17, 15) is 4.79 Å². The number of aromatic nitrogens is 1. The Labute approximate surface area is 150 Å². The number of hydrogen-bond donors (Lipinski definition) is 1. The molecule has 2 aromatic rings. The largest absolute Gasteiger partial charge is 0.349 e. The summed E-state index contributed by atoms with van der Waals surface area (Å²) < 4.78 is 1.15. The highest BCUT2D eigenvalue weighted by molar-refractivity contribution is 8.01. The van der Waals surface area contributed by atoms with Gasteiger partial charge in [-0.1, -0.05) is 17.8 Å². The van der Waals surface area contributed by atoms with Gasteiger partial charge in [0.05, 0.1) is 11.6 Å². The monoisotopic (exact) mass is 357 g/mol. The fourth-order valence-electron chi connectivity index (χ4n) is 2.85. The summed E-state index contributed by atoms with van der Waals surface area (Å²) in [6.45, 7) is 2.02. The van der Waals surface area contributed by atoms with Gasteiger partial charge in [0.1, 0.15) is 4.34 Å². The van der Waals surface area contributed by atoms with Crippen molar-refractivity contribution in [3.05, 3.63) is 46.5 Å². The first kappa shape index (κ1) is 17.0. The fraction of sp³-hybridized carbons (Fsp3) is 0.389. The molecule has 0 aliphatic heterocycles. The molecule has 6 heteroatoms. The number of carbonyl (C=O) groups is 1. The summed E-state index contributed by atoms with van der Waals surface area (Å²) in [5.74, 6) is -0.0845. The van der Waals surface area contributed by atoms with Crippen molar-refractivity contribution in [3.8, 4) is 6.07 Å². The van der Waals surface area contributed by atoms with Gasteiger partial charge in [0, 0.05) is 27.9 Å². The zero-order valence-electron chi connectivity index (χ0n) is 13.5. The lowest BCUT2D eigenvalue weighted by Crippen LogP contribution is -2.38. The third-order valence-corrected chi connectivity index (χ3v) is 6.56. The molecule has 1 aliphatic rings. The van der Waals surface area contributed by atoms with Crippen LogP contribution in [0.3, 0.4) is 0 Å². The minimum Gasteiger partial charge on any atom is -0.349 e. The Balaban J connectivity index is 1.49. The van der Waals surface area contributed by atoms with Crippen molar-refractivity contribution in [2.45, 2.75) is 48.2 Å². The second-order valence-corrected chi connectivity index (χ2v) is 8.42. The Morgan fingerprint density at radius 1 is 1.38 bits per heavy atom. The highest BCUT2D eigenvalue weighted by atomic mass is 32.2. The lowest BCUT2D eigenvalue weighted by Gasteiger charge is -2.28. The van der Waals surface area contributed by atoms with E-state index in [4.69, 9.17) is 5.26 Å². The Kier molecular flexibility index (Phi) is 5.54. The molecule has 4 nitrogen and oxygen atoms in total. The van der Waals surface area contributed by atoms with Crippen molar-refractivity contribution in [2.24, 2.45) is 0 Å². The number of nitriles is 1. The Hall–Kier alpha value is -1.84. The number of amides is 1. The summed E-state index contributed by atoms with van der Waals surface area (Å²) in [6, 6.07) is 9.14. The van der Waals surface area contributed by atoms with Crippen molar-refractivity contribution in [3.63, 3.8) is 0 Å². The summed E-state index contributed by atoms with van der Waals surface area (Å²) in [5, 5.41) is 14.7.